The van der Waals surface area contributed by atoms with Crippen LogP contribution in [0.25, 0.3) is 0 Å². The predicted octanol–water partition coefficient (Wildman–Crippen LogP) is 1.35. The van der Waals surface area contributed by atoms with Gasteiger partial charge in [-0.2, -0.15) is 0 Å². The van der Waals surface area contributed by atoms with Crippen molar-refractivity contribution in [3.8, 4) is 0 Å². The molecule has 2 rings (SSSR count). The second kappa shape index (κ2) is 6.17. The molecule has 0 atom stereocenters. The topological polar surface area (TPSA) is 84.0 Å². The van der Waals surface area contributed by atoms with Gasteiger partial charge in [-0.25, -0.2) is 14.6 Å². The minimum Gasteiger partial charge on any atom is -0.465 e. The fourth-order valence-electron chi connectivity index (χ4n) is 1.73. The lowest BCUT2D eigenvalue weighted by molar-refractivity contribution is -0.0443. The van der Waals surface area contributed by atoms with E-state index in [9.17, 15) is 9.59 Å². The highest BCUT2D eigenvalue weighted by atomic mass is 35.5. The summed E-state index contributed by atoms with van der Waals surface area (Å²) in [5.74, 6) is -1.51. The van der Waals surface area contributed by atoms with Crippen molar-refractivity contribution in [2.24, 2.45) is 0 Å². The maximum Gasteiger partial charge on any atom is 0.357 e. The van der Waals surface area contributed by atoms with Crippen LogP contribution in [0.15, 0.2) is 6.07 Å². The van der Waals surface area contributed by atoms with Crippen molar-refractivity contribution >= 4 is 23.5 Å². The first kappa shape index (κ1) is 14.7. The fourth-order valence-corrected chi connectivity index (χ4v) is 1.96. The number of rotatable bonds is 3. The van der Waals surface area contributed by atoms with E-state index in [0.717, 1.165) is 0 Å². The summed E-state index contributed by atoms with van der Waals surface area (Å²) >= 11 is 6.00. The van der Waals surface area contributed by atoms with Crippen molar-refractivity contribution in [3.05, 3.63) is 28.0 Å². The number of hydrogen-bond donors (Lipinski definition) is 0. The van der Waals surface area contributed by atoms with Gasteiger partial charge in [0.25, 0.3) is 0 Å². The molecular weight excluding hydrogens is 290 g/mol. The molecule has 1 aliphatic rings. The van der Waals surface area contributed by atoms with Gasteiger partial charge >= 0.3 is 11.9 Å². The van der Waals surface area contributed by atoms with Crippen molar-refractivity contribution in [2.45, 2.75) is 6.29 Å². The summed E-state index contributed by atoms with van der Waals surface area (Å²) in [6.07, 6.45) is -0.717. The lowest BCUT2D eigenvalue weighted by Crippen LogP contribution is -2.16. The highest BCUT2D eigenvalue weighted by Gasteiger charge is 2.28. The van der Waals surface area contributed by atoms with E-state index in [-0.39, 0.29) is 16.4 Å². The largest absolute Gasteiger partial charge is 0.465 e. The standard InChI is InChI=1S/C12H12ClNO6/c1-17-10(15)6-5-7(12-19-3-4-20-12)9(13)14-8(6)11(16)18-2/h5,12H,3-4H2,1-2H3. The molecule has 0 unspecified atom stereocenters. The number of nitrogens with zero attached hydrogens (tertiary/aromatic N) is 1. The third kappa shape index (κ3) is 2.74. The van der Waals surface area contributed by atoms with E-state index in [4.69, 9.17) is 21.1 Å². The second-order valence-electron chi connectivity index (χ2n) is 3.82. The summed E-state index contributed by atoms with van der Waals surface area (Å²) in [6.45, 7) is 0.820. The first-order valence-electron chi connectivity index (χ1n) is 5.68. The number of carbonyl (C=O) groups is 2. The Morgan fingerprint density at radius 2 is 1.85 bits per heavy atom. The first-order valence-corrected chi connectivity index (χ1v) is 6.06. The molecule has 1 aromatic rings. The van der Waals surface area contributed by atoms with Crippen molar-refractivity contribution in [1.29, 1.82) is 0 Å². The number of carbonyl (C=O) groups excluding carboxylic acids is 2. The van der Waals surface area contributed by atoms with Gasteiger partial charge in [0.05, 0.1) is 33.0 Å². The molecule has 0 saturated carbocycles. The summed E-state index contributed by atoms with van der Waals surface area (Å²) in [7, 11) is 2.37. The molecule has 1 aliphatic heterocycles. The number of hydrogen-bond acceptors (Lipinski definition) is 7. The molecule has 20 heavy (non-hydrogen) atoms. The van der Waals surface area contributed by atoms with Crippen LogP contribution in [0.1, 0.15) is 32.7 Å². The Kier molecular flexibility index (Phi) is 4.53. The van der Waals surface area contributed by atoms with Crippen LogP contribution in [0.3, 0.4) is 0 Å². The molecule has 0 N–H and O–H groups in total. The normalized spacial score (nSPS) is 15.2. The molecule has 0 bridgehead atoms. The number of ether oxygens (including phenoxy) is 4. The Labute approximate surface area is 119 Å². The molecule has 7 nitrogen and oxygen atoms in total. The van der Waals surface area contributed by atoms with Gasteiger partial charge in [0.15, 0.2) is 12.0 Å². The van der Waals surface area contributed by atoms with Gasteiger partial charge in [0.2, 0.25) is 0 Å². The Morgan fingerprint density at radius 1 is 1.25 bits per heavy atom. The molecule has 1 fully saturated rings. The maximum atomic E-state index is 11.7. The molecule has 8 heteroatoms. The minimum absolute atomic E-state index is 0.00459. The van der Waals surface area contributed by atoms with Crippen LogP contribution in [0.4, 0.5) is 0 Å². The molecule has 0 spiro atoms. The average Bonchev–Trinajstić information content (AvgIpc) is 2.99. The highest BCUT2D eigenvalue weighted by molar-refractivity contribution is 6.30. The molecule has 0 aromatic carbocycles. The highest BCUT2D eigenvalue weighted by Crippen LogP contribution is 2.30. The van der Waals surface area contributed by atoms with Crippen LogP contribution < -0.4 is 0 Å². The number of halogens is 1. The number of methoxy groups -OCH3 is 2. The van der Waals surface area contributed by atoms with Crippen LogP contribution in [0.2, 0.25) is 5.15 Å². The number of aromatic nitrogens is 1. The van der Waals surface area contributed by atoms with Crippen LogP contribution in [0.5, 0.6) is 0 Å². The van der Waals surface area contributed by atoms with E-state index >= 15 is 0 Å². The summed E-state index contributed by atoms with van der Waals surface area (Å²) < 4.78 is 19.8. The van der Waals surface area contributed by atoms with Gasteiger partial charge < -0.3 is 18.9 Å². The van der Waals surface area contributed by atoms with Gasteiger partial charge in [0, 0.05) is 5.56 Å². The summed E-state index contributed by atoms with van der Waals surface area (Å²) in [6, 6.07) is 1.36. The lowest BCUT2D eigenvalue weighted by Gasteiger charge is -2.13. The van der Waals surface area contributed by atoms with E-state index in [1.54, 1.807) is 0 Å². The van der Waals surface area contributed by atoms with Crippen molar-refractivity contribution in [2.75, 3.05) is 27.4 Å². The second-order valence-corrected chi connectivity index (χ2v) is 4.18. The van der Waals surface area contributed by atoms with Crippen LogP contribution in [-0.4, -0.2) is 44.4 Å². The third-order valence-electron chi connectivity index (χ3n) is 2.66. The Balaban J connectivity index is 2.51. The molecule has 0 amide bonds. The van der Waals surface area contributed by atoms with E-state index < -0.39 is 18.2 Å². The predicted molar refractivity (Wildman–Crippen MR) is 66.6 cm³/mol. The smallest absolute Gasteiger partial charge is 0.357 e. The quantitative estimate of drug-likeness (QED) is 0.615. The molecule has 1 aromatic heterocycles. The molecule has 108 valence electrons. The first-order chi connectivity index (χ1) is 9.58. The van der Waals surface area contributed by atoms with Gasteiger partial charge in [-0.3, -0.25) is 0 Å². The molecule has 2 heterocycles. The third-order valence-corrected chi connectivity index (χ3v) is 2.97. The Bertz CT molecular complexity index is 541. The van der Waals surface area contributed by atoms with E-state index in [1.807, 2.05) is 0 Å². The molecule has 0 aliphatic carbocycles. The van der Waals surface area contributed by atoms with E-state index in [0.29, 0.717) is 18.8 Å². The average molecular weight is 302 g/mol. The fraction of sp³-hybridized carbons (Fsp3) is 0.417. The van der Waals surface area contributed by atoms with Crippen molar-refractivity contribution < 1.29 is 28.5 Å². The maximum absolute atomic E-state index is 11.7. The minimum atomic E-state index is -0.785. The molecular formula is C12H12ClNO6. The SMILES string of the molecule is COC(=O)c1cc(C2OCCO2)c(Cl)nc1C(=O)OC. The number of esters is 2. The summed E-state index contributed by atoms with van der Waals surface area (Å²) in [5.41, 5.74) is 0.0844. The zero-order chi connectivity index (χ0) is 14.7. The van der Waals surface area contributed by atoms with E-state index in [2.05, 4.69) is 14.5 Å². The Hall–Kier alpha value is -1.70. The zero-order valence-corrected chi connectivity index (χ0v) is 11.6. The molecule has 1 saturated heterocycles. The summed E-state index contributed by atoms with van der Waals surface area (Å²) in [5, 5.41) is 0.00459. The molecule has 0 radical (unpaired) electrons. The van der Waals surface area contributed by atoms with Gasteiger partial charge in [0.1, 0.15) is 5.15 Å². The van der Waals surface area contributed by atoms with Crippen LogP contribution in [-0.2, 0) is 18.9 Å². The zero-order valence-electron chi connectivity index (χ0n) is 10.8. The monoisotopic (exact) mass is 301 g/mol. The van der Waals surface area contributed by atoms with Gasteiger partial charge in [-0.15, -0.1) is 0 Å². The van der Waals surface area contributed by atoms with Gasteiger partial charge in [-0.05, 0) is 6.07 Å². The van der Waals surface area contributed by atoms with Gasteiger partial charge in [-0.1, -0.05) is 11.6 Å². The van der Waals surface area contributed by atoms with E-state index in [1.165, 1.54) is 20.3 Å². The number of pyridine rings is 1. The summed E-state index contributed by atoms with van der Waals surface area (Å²) in [4.78, 5) is 27.3. The lowest BCUT2D eigenvalue weighted by atomic mass is 10.1. The van der Waals surface area contributed by atoms with Crippen molar-refractivity contribution in [1.82, 2.24) is 4.98 Å². The van der Waals surface area contributed by atoms with Crippen molar-refractivity contribution in [3.63, 3.8) is 0 Å². The van der Waals surface area contributed by atoms with Crippen LogP contribution >= 0.6 is 11.6 Å². The van der Waals surface area contributed by atoms with Crippen LogP contribution in [0, 0.1) is 0 Å². The Morgan fingerprint density at radius 3 is 2.40 bits per heavy atom.